The van der Waals surface area contributed by atoms with Gasteiger partial charge in [0.05, 0.1) is 0 Å². The molecule has 0 aliphatic rings. The molecule has 0 saturated heterocycles. The van der Waals surface area contributed by atoms with Gasteiger partial charge in [-0.15, -0.1) is 0 Å². The lowest BCUT2D eigenvalue weighted by atomic mass is 10.0. The van der Waals surface area contributed by atoms with Crippen molar-refractivity contribution in [2.24, 2.45) is 0 Å². The highest BCUT2D eigenvalue weighted by molar-refractivity contribution is 5.85. The molecule has 1 rings (SSSR count). The number of hydrogen-bond acceptors (Lipinski definition) is 2. The summed E-state index contributed by atoms with van der Waals surface area (Å²) in [6.07, 6.45) is 0. The Morgan fingerprint density at radius 3 is 2.20 bits per heavy atom. The number of aliphatic carboxylic acids is 1. The minimum Gasteiger partial charge on any atom is -0.480 e. The largest absolute Gasteiger partial charge is 0.480 e. The molecular weight excluding hydrogens is 256 g/mol. The maximum Gasteiger partial charge on any atom is 0.328 e. The second-order valence-corrected chi connectivity index (χ2v) is 5.63. The van der Waals surface area contributed by atoms with Gasteiger partial charge in [-0.05, 0) is 30.9 Å². The molecule has 5 nitrogen and oxygen atoms in total. The Kier molecular flexibility index (Phi) is 5.13. The summed E-state index contributed by atoms with van der Waals surface area (Å²) in [5.74, 6) is -0.606. The number of carboxylic acid groups (broad SMARTS) is 1. The Hall–Kier alpha value is -2.04. The predicted molar refractivity (Wildman–Crippen MR) is 77.6 cm³/mol. The second kappa shape index (κ2) is 6.41. The molecular formula is C15H22N2O3. The van der Waals surface area contributed by atoms with Crippen LogP contribution in [0.25, 0.3) is 0 Å². The fourth-order valence-electron chi connectivity index (χ4n) is 1.58. The van der Waals surface area contributed by atoms with Gasteiger partial charge in [0.1, 0.15) is 5.54 Å². The van der Waals surface area contributed by atoms with E-state index in [1.165, 1.54) is 19.4 Å². The van der Waals surface area contributed by atoms with E-state index in [1.54, 1.807) is 0 Å². The number of benzene rings is 1. The van der Waals surface area contributed by atoms with Crippen LogP contribution in [-0.2, 0) is 11.3 Å². The highest BCUT2D eigenvalue weighted by Crippen LogP contribution is 2.14. The number of carboxylic acids is 1. The molecule has 110 valence electrons. The van der Waals surface area contributed by atoms with Gasteiger partial charge in [-0.2, -0.15) is 0 Å². The molecule has 1 aromatic rings. The molecule has 20 heavy (non-hydrogen) atoms. The average Bonchev–Trinajstić information content (AvgIpc) is 2.36. The minimum absolute atomic E-state index is 0.361. The number of hydrogen-bond donors (Lipinski definition) is 3. The van der Waals surface area contributed by atoms with E-state index in [2.05, 4.69) is 24.5 Å². The monoisotopic (exact) mass is 278 g/mol. The summed E-state index contributed by atoms with van der Waals surface area (Å²) in [5.41, 5.74) is 0.925. The molecule has 0 spiro atoms. The topological polar surface area (TPSA) is 78.4 Å². The van der Waals surface area contributed by atoms with Crippen LogP contribution >= 0.6 is 0 Å². The normalized spacial score (nSPS) is 11.2. The van der Waals surface area contributed by atoms with E-state index < -0.39 is 17.5 Å². The van der Waals surface area contributed by atoms with Crippen molar-refractivity contribution < 1.29 is 14.7 Å². The van der Waals surface area contributed by atoms with Crippen LogP contribution in [0, 0.1) is 0 Å². The average molecular weight is 278 g/mol. The van der Waals surface area contributed by atoms with Crippen LogP contribution in [0.4, 0.5) is 4.79 Å². The first kappa shape index (κ1) is 16.0. The zero-order valence-electron chi connectivity index (χ0n) is 12.4. The Labute approximate surface area is 119 Å². The quantitative estimate of drug-likeness (QED) is 0.774. The molecule has 0 heterocycles. The molecule has 0 radical (unpaired) electrons. The lowest BCUT2D eigenvalue weighted by Gasteiger charge is -2.21. The van der Waals surface area contributed by atoms with E-state index in [9.17, 15) is 9.59 Å². The van der Waals surface area contributed by atoms with Crippen molar-refractivity contribution in [1.29, 1.82) is 0 Å². The second-order valence-electron chi connectivity index (χ2n) is 5.63. The summed E-state index contributed by atoms with van der Waals surface area (Å²) >= 11 is 0. The third-order valence-electron chi connectivity index (χ3n) is 3.06. The van der Waals surface area contributed by atoms with Crippen LogP contribution in [-0.4, -0.2) is 22.6 Å². The van der Waals surface area contributed by atoms with E-state index in [0.717, 1.165) is 5.56 Å². The molecule has 0 unspecified atom stereocenters. The molecule has 0 atom stereocenters. The highest BCUT2D eigenvalue weighted by atomic mass is 16.4. The van der Waals surface area contributed by atoms with Crippen molar-refractivity contribution in [2.75, 3.05) is 0 Å². The van der Waals surface area contributed by atoms with Crippen LogP contribution in [0.2, 0.25) is 0 Å². The lowest BCUT2D eigenvalue weighted by molar-refractivity contribution is -0.142. The number of carbonyl (C=O) groups excluding carboxylic acids is 1. The Morgan fingerprint density at radius 2 is 1.75 bits per heavy atom. The molecule has 0 bridgehead atoms. The third-order valence-corrected chi connectivity index (χ3v) is 3.06. The summed E-state index contributed by atoms with van der Waals surface area (Å²) < 4.78 is 0. The number of nitrogens with one attached hydrogen (secondary N) is 2. The Balaban J connectivity index is 2.51. The molecule has 0 aliphatic carbocycles. The minimum atomic E-state index is -1.29. The third kappa shape index (κ3) is 4.57. The number of rotatable bonds is 5. The lowest BCUT2D eigenvalue weighted by Crippen LogP contribution is -2.52. The van der Waals surface area contributed by atoms with Crippen molar-refractivity contribution in [3.8, 4) is 0 Å². The summed E-state index contributed by atoms with van der Waals surface area (Å²) in [7, 11) is 0. The Morgan fingerprint density at radius 1 is 1.20 bits per heavy atom. The van der Waals surface area contributed by atoms with Gasteiger partial charge in [0.25, 0.3) is 0 Å². The fourth-order valence-corrected chi connectivity index (χ4v) is 1.58. The summed E-state index contributed by atoms with van der Waals surface area (Å²) in [5, 5.41) is 14.0. The molecule has 3 N–H and O–H groups in total. The standard InChI is InChI=1S/C15H22N2O3/c1-10(2)12-7-5-11(6-8-12)9-16-14(20)17-15(3,4)13(18)19/h5-8,10H,9H2,1-4H3,(H,18,19)(H2,16,17,20). The van der Waals surface area contributed by atoms with Gasteiger partial charge in [-0.1, -0.05) is 38.1 Å². The zero-order chi connectivity index (χ0) is 15.3. The van der Waals surface area contributed by atoms with Gasteiger partial charge >= 0.3 is 12.0 Å². The Bertz CT molecular complexity index is 478. The van der Waals surface area contributed by atoms with Gasteiger partial charge in [0.2, 0.25) is 0 Å². The first-order valence-corrected chi connectivity index (χ1v) is 6.60. The fraction of sp³-hybridized carbons (Fsp3) is 0.467. The highest BCUT2D eigenvalue weighted by Gasteiger charge is 2.28. The van der Waals surface area contributed by atoms with Crippen LogP contribution in [0.3, 0.4) is 0 Å². The van der Waals surface area contributed by atoms with Gasteiger partial charge in [-0.3, -0.25) is 0 Å². The van der Waals surface area contributed by atoms with Crippen LogP contribution in [0.15, 0.2) is 24.3 Å². The van der Waals surface area contributed by atoms with E-state index in [0.29, 0.717) is 12.5 Å². The first-order valence-electron chi connectivity index (χ1n) is 6.60. The van der Waals surface area contributed by atoms with Crippen molar-refractivity contribution in [3.05, 3.63) is 35.4 Å². The summed E-state index contributed by atoms with van der Waals surface area (Å²) in [6, 6.07) is 7.47. The van der Waals surface area contributed by atoms with E-state index in [4.69, 9.17) is 5.11 Å². The van der Waals surface area contributed by atoms with E-state index in [-0.39, 0.29) is 0 Å². The first-order chi connectivity index (χ1) is 9.22. The molecule has 0 aliphatic heterocycles. The smallest absolute Gasteiger partial charge is 0.328 e. The maximum absolute atomic E-state index is 11.6. The molecule has 0 aromatic heterocycles. The van der Waals surface area contributed by atoms with Gasteiger partial charge < -0.3 is 15.7 Å². The summed E-state index contributed by atoms with van der Waals surface area (Å²) in [6.45, 7) is 7.47. The number of amides is 2. The molecule has 1 aromatic carbocycles. The molecule has 0 fully saturated rings. The van der Waals surface area contributed by atoms with Crippen LogP contribution in [0.1, 0.15) is 44.7 Å². The van der Waals surface area contributed by atoms with E-state index >= 15 is 0 Å². The van der Waals surface area contributed by atoms with Crippen LogP contribution in [0.5, 0.6) is 0 Å². The summed E-state index contributed by atoms with van der Waals surface area (Å²) in [4.78, 5) is 22.5. The van der Waals surface area contributed by atoms with Crippen molar-refractivity contribution in [2.45, 2.75) is 45.7 Å². The van der Waals surface area contributed by atoms with Crippen molar-refractivity contribution in [1.82, 2.24) is 10.6 Å². The van der Waals surface area contributed by atoms with Crippen molar-refractivity contribution in [3.63, 3.8) is 0 Å². The van der Waals surface area contributed by atoms with E-state index in [1.807, 2.05) is 24.3 Å². The van der Waals surface area contributed by atoms with Gasteiger partial charge in [0.15, 0.2) is 0 Å². The predicted octanol–water partition coefficient (Wildman–Crippen LogP) is 2.47. The van der Waals surface area contributed by atoms with Crippen LogP contribution < -0.4 is 10.6 Å². The zero-order valence-corrected chi connectivity index (χ0v) is 12.4. The SMILES string of the molecule is CC(C)c1ccc(CNC(=O)NC(C)(C)C(=O)O)cc1. The molecule has 5 heteroatoms. The van der Waals surface area contributed by atoms with Crippen molar-refractivity contribution >= 4 is 12.0 Å². The van der Waals surface area contributed by atoms with Gasteiger partial charge in [-0.25, -0.2) is 9.59 Å². The maximum atomic E-state index is 11.6. The molecule has 2 amide bonds. The molecule has 0 saturated carbocycles. The number of urea groups is 1. The number of carbonyl (C=O) groups is 2. The van der Waals surface area contributed by atoms with Gasteiger partial charge in [0, 0.05) is 6.54 Å².